The summed E-state index contributed by atoms with van der Waals surface area (Å²) in [6.07, 6.45) is 8.15. The third-order valence-corrected chi connectivity index (χ3v) is 5.48. The van der Waals surface area contributed by atoms with Crippen LogP contribution in [0.1, 0.15) is 51.9 Å². The Hall–Kier alpha value is -0.570. The maximum absolute atomic E-state index is 12.7. The summed E-state index contributed by atoms with van der Waals surface area (Å²) in [5.74, 6) is 1.72. The number of hydrogen-bond acceptors (Lipinski definition) is 2. The van der Waals surface area contributed by atoms with Gasteiger partial charge in [-0.2, -0.15) is 0 Å². The van der Waals surface area contributed by atoms with Crippen molar-refractivity contribution in [3.8, 4) is 0 Å². The molecule has 3 unspecified atom stereocenters. The molecule has 1 heterocycles. The second-order valence-electron chi connectivity index (χ2n) is 6.76. The third-order valence-electron chi connectivity index (χ3n) is 5.48. The summed E-state index contributed by atoms with van der Waals surface area (Å²) < 4.78 is 0. The highest BCUT2D eigenvalue weighted by atomic mass is 16.2. The summed E-state index contributed by atoms with van der Waals surface area (Å²) >= 11 is 0. The molecule has 2 saturated carbocycles. The van der Waals surface area contributed by atoms with Gasteiger partial charge in [-0.15, -0.1) is 0 Å². The molecule has 0 aromatic heterocycles. The fourth-order valence-corrected chi connectivity index (χ4v) is 4.22. The van der Waals surface area contributed by atoms with Gasteiger partial charge in [-0.05, 0) is 43.9 Å². The van der Waals surface area contributed by atoms with Crippen LogP contribution in [0.3, 0.4) is 0 Å². The van der Waals surface area contributed by atoms with Gasteiger partial charge in [0.15, 0.2) is 0 Å². The summed E-state index contributed by atoms with van der Waals surface area (Å²) in [6, 6.07) is 0.336. The highest BCUT2D eigenvalue weighted by Crippen LogP contribution is 2.52. The molecule has 3 nitrogen and oxygen atoms in total. The van der Waals surface area contributed by atoms with Gasteiger partial charge in [0.05, 0.1) is 0 Å². The van der Waals surface area contributed by atoms with Gasteiger partial charge in [-0.1, -0.05) is 19.8 Å². The van der Waals surface area contributed by atoms with Crippen LogP contribution in [0.25, 0.3) is 0 Å². The molecule has 1 amide bonds. The zero-order valence-corrected chi connectivity index (χ0v) is 11.5. The van der Waals surface area contributed by atoms with Gasteiger partial charge >= 0.3 is 0 Å². The van der Waals surface area contributed by atoms with E-state index in [9.17, 15) is 4.79 Å². The molecule has 3 fully saturated rings. The van der Waals surface area contributed by atoms with E-state index in [4.69, 9.17) is 5.73 Å². The number of carbonyl (C=O) groups excluding carboxylic acids is 1. The second-order valence-corrected chi connectivity index (χ2v) is 6.76. The number of fused-ring (bicyclic) bond motifs is 1. The van der Waals surface area contributed by atoms with E-state index in [1.165, 1.54) is 12.8 Å². The maximum Gasteiger partial charge on any atom is 0.228 e. The van der Waals surface area contributed by atoms with Crippen molar-refractivity contribution in [1.82, 2.24) is 4.90 Å². The molecule has 0 spiro atoms. The molecule has 18 heavy (non-hydrogen) atoms. The van der Waals surface area contributed by atoms with Crippen molar-refractivity contribution in [1.29, 1.82) is 0 Å². The molecule has 2 N–H and O–H groups in total. The number of carbonyl (C=O) groups is 1. The van der Waals surface area contributed by atoms with Crippen LogP contribution in [0, 0.1) is 17.3 Å². The SMILES string of the molecule is CCCC1(C(=O)N2CC3CCCC(N)C3C2)CC1. The van der Waals surface area contributed by atoms with Crippen LogP contribution in [-0.2, 0) is 4.79 Å². The van der Waals surface area contributed by atoms with Crippen molar-refractivity contribution < 1.29 is 4.79 Å². The Morgan fingerprint density at radius 3 is 2.72 bits per heavy atom. The lowest BCUT2D eigenvalue weighted by atomic mass is 9.78. The fraction of sp³-hybridized carbons (Fsp3) is 0.933. The van der Waals surface area contributed by atoms with Crippen LogP contribution in [0.5, 0.6) is 0 Å². The Balaban J connectivity index is 1.66. The zero-order valence-electron chi connectivity index (χ0n) is 11.5. The van der Waals surface area contributed by atoms with Gasteiger partial charge in [-0.25, -0.2) is 0 Å². The van der Waals surface area contributed by atoms with Crippen molar-refractivity contribution in [2.45, 2.75) is 57.9 Å². The van der Waals surface area contributed by atoms with Crippen molar-refractivity contribution in [2.24, 2.45) is 23.0 Å². The largest absolute Gasteiger partial charge is 0.342 e. The first-order valence-electron chi connectivity index (χ1n) is 7.71. The summed E-state index contributed by atoms with van der Waals surface area (Å²) in [4.78, 5) is 14.8. The molecule has 3 atom stereocenters. The molecule has 3 aliphatic rings. The zero-order chi connectivity index (χ0) is 12.8. The van der Waals surface area contributed by atoms with Crippen molar-refractivity contribution in [3.63, 3.8) is 0 Å². The topological polar surface area (TPSA) is 46.3 Å². The molecule has 3 rings (SSSR count). The lowest BCUT2D eigenvalue weighted by Crippen LogP contribution is -2.39. The average molecular weight is 250 g/mol. The van der Waals surface area contributed by atoms with Crippen molar-refractivity contribution in [2.75, 3.05) is 13.1 Å². The van der Waals surface area contributed by atoms with Gasteiger partial charge in [-0.3, -0.25) is 4.79 Å². The molecular weight excluding hydrogens is 224 g/mol. The standard InChI is InChI=1S/C15H26N2O/c1-2-6-15(7-8-15)14(18)17-9-11-4-3-5-13(16)12(11)10-17/h11-13H,2-10,16H2,1H3. The first-order valence-corrected chi connectivity index (χ1v) is 7.71. The van der Waals surface area contributed by atoms with Crippen molar-refractivity contribution >= 4 is 5.91 Å². The Bertz CT molecular complexity index is 337. The van der Waals surface area contributed by atoms with E-state index in [0.29, 0.717) is 23.8 Å². The molecule has 3 heteroatoms. The van der Waals surface area contributed by atoms with E-state index < -0.39 is 0 Å². The van der Waals surface area contributed by atoms with Crippen LogP contribution in [0.15, 0.2) is 0 Å². The second kappa shape index (κ2) is 4.52. The van der Waals surface area contributed by atoms with E-state index >= 15 is 0 Å². The quantitative estimate of drug-likeness (QED) is 0.834. The Kier molecular flexibility index (Phi) is 3.13. The minimum Gasteiger partial charge on any atom is -0.342 e. The Morgan fingerprint density at radius 1 is 1.33 bits per heavy atom. The molecule has 0 bridgehead atoms. The highest BCUT2D eigenvalue weighted by Gasteiger charge is 2.53. The lowest BCUT2D eigenvalue weighted by Gasteiger charge is -2.29. The predicted molar refractivity (Wildman–Crippen MR) is 72.0 cm³/mol. The van der Waals surface area contributed by atoms with Crippen LogP contribution in [0.2, 0.25) is 0 Å². The normalized spacial score (nSPS) is 37.4. The van der Waals surface area contributed by atoms with Crippen LogP contribution >= 0.6 is 0 Å². The van der Waals surface area contributed by atoms with E-state index in [0.717, 1.165) is 45.2 Å². The molecule has 102 valence electrons. The monoisotopic (exact) mass is 250 g/mol. The van der Waals surface area contributed by atoms with Crippen LogP contribution in [0.4, 0.5) is 0 Å². The molecule has 0 aromatic carbocycles. The van der Waals surface area contributed by atoms with E-state index in [1.54, 1.807) is 0 Å². The average Bonchev–Trinajstić information content (AvgIpc) is 3.00. The fourth-order valence-electron chi connectivity index (χ4n) is 4.22. The molecule has 0 aromatic rings. The van der Waals surface area contributed by atoms with Gasteiger partial charge in [0.2, 0.25) is 5.91 Å². The number of amides is 1. The Labute approximate surface area is 110 Å². The van der Waals surface area contributed by atoms with Gasteiger partial charge in [0.25, 0.3) is 0 Å². The minimum absolute atomic E-state index is 0.0480. The summed E-state index contributed by atoms with van der Waals surface area (Å²) in [7, 11) is 0. The predicted octanol–water partition coefficient (Wildman–Crippen LogP) is 2.15. The number of likely N-dealkylation sites (tertiary alicyclic amines) is 1. The Morgan fingerprint density at radius 2 is 2.11 bits per heavy atom. The van der Waals surface area contributed by atoms with Gasteiger partial charge in [0, 0.05) is 24.5 Å². The highest BCUT2D eigenvalue weighted by molar-refractivity contribution is 5.85. The maximum atomic E-state index is 12.7. The number of hydrogen-bond donors (Lipinski definition) is 1. The molecular formula is C15H26N2O. The third kappa shape index (κ3) is 1.97. The van der Waals surface area contributed by atoms with Gasteiger partial charge in [0.1, 0.15) is 0 Å². The molecule has 1 aliphatic heterocycles. The van der Waals surface area contributed by atoms with E-state index in [1.807, 2.05) is 0 Å². The molecule has 0 radical (unpaired) electrons. The first-order chi connectivity index (χ1) is 8.66. The van der Waals surface area contributed by atoms with Crippen LogP contribution < -0.4 is 5.73 Å². The number of nitrogens with zero attached hydrogens (tertiary/aromatic N) is 1. The van der Waals surface area contributed by atoms with Gasteiger partial charge < -0.3 is 10.6 Å². The minimum atomic E-state index is 0.0480. The summed E-state index contributed by atoms with van der Waals surface area (Å²) in [5.41, 5.74) is 6.28. The smallest absolute Gasteiger partial charge is 0.228 e. The lowest BCUT2D eigenvalue weighted by molar-refractivity contribution is -0.136. The molecule has 2 aliphatic carbocycles. The summed E-state index contributed by atoms with van der Waals surface area (Å²) in [6.45, 7) is 4.12. The van der Waals surface area contributed by atoms with Crippen molar-refractivity contribution in [3.05, 3.63) is 0 Å². The first kappa shape index (κ1) is 12.5. The summed E-state index contributed by atoms with van der Waals surface area (Å²) in [5, 5.41) is 0. The van der Waals surface area contributed by atoms with Crippen LogP contribution in [-0.4, -0.2) is 29.9 Å². The number of nitrogens with two attached hydrogens (primary N) is 1. The number of rotatable bonds is 3. The molecule has 1 saturated heterocycles. The van der Waals surface area contributed by atoms with E-state index in [2.05, 4.69) is 11.8 Å². The van der Waals surface area contributed by atoms with E-state index in [-0.39, 0.29) is 5.41 Å².